The Morgan fingerprint density at radius 1 is 1.08 bits per heavy atom. The number of carboxylic acids is 1. The summed E-state index contributed by atoms with van der Waals surface area (Å²) in [7, 11) is 1.26. The van der Waals surface area contributed by atoms with Crippen LogP contribution in [-0.4, -0.2) is 108 Å². The molecule has 2 saturated heterocycles. The number of ether oxygens (including phenoxy) is 2. The van der Waals surface area contributed by atoms with Crippen LogP contribution in [-0.2, 0) is 30.3 Å². The van der Waals surface area contributed by atoms with Gasteiger partial charge >= 0.3 is 18.0 Å². The first-order chi connectivity index (χ1) is 17.6. The van der Waals surface area contributed by atoms with Gasteiger partial charge in [-0.2, -0.15) is 0 Å². The fraction of sp³-hybridized carbons (Fsp3) is 0.583. The maximum absolute atomic E-state index is 13.5. The van der Waals surface area contributed by atoms with Crippen LogP contribution in [0.4, 0.5) is 4.79 Å². The molecule has 0 aliphatic carbocycles. The van der Waals surface area contributed by atoms with Crippen molar-refractivity contribution in [2.75, 3.05) is 46.4 Å². The van der Waals surface area contributed by atoms with E-state index in [0.717, 1.165) is 25.9 Å². The van der Waals surface area contributed by atoms with Crippen LogP contribution in [0, 0.1) is 0 Å². The smallest absolute Gasteiger partial charge is 0.409 e. The summed E-state index contributed by atoms with van der Waals surface area (Å²) in [6.45, 7) is 2.40. The van der Waals surface area contributed by atoms with Crippen LogP contribution >= 0.6 is 23.2 Å². The number of hydrogen-bond donors (Lipinski definition) is 2. The molecule has 0 bridgehead atoms. The highest BCUT2D eigenvalue weighted by Crippen LogP contribution is 2.25. The molecule has 0 radical (unpaired) electrons. The van der Waals surface area contributed by atoms with Crippen molar-refractivity contribution in [2.45, 2.75) is 43.8 Å². The molecule has 2 fully saturated rings. The fourth-order valence-corrected chi connectivity index (χ4v) is 4.96. The van der Waals surface area contributed by atoms with E-state index in [-0.39, 0.29) is 38.1 Å². The number of carbonyl (C=O) groups excluding carboxylic acids is 3. The number of methoxy groups -OCH3 is 1. The van der Waals surface area contributed by atoms with E-state index in [1.165, 1.54) is 12.0 Å². The first-order valence-electron chi connectivity index (χ1n) is 12.0. The molecule has 2 heterocycles. The number of esters is 1. The second-order valence-corrected chi connectivity index (χ2v) is 10.1. The van der Waals surface area contributed by atoms with Gasteiger partial charge in [-0.05, 0) is 43.6 Å². The van der Waals surface area contributed by atoms with Crippen molar-refractivity contribution in [2.24, 2.45) is 5.73 Å². The first kappa shape index (κ1) is 29.0. The van der Waals surface area contributed by atoms with Crippen molar-refractivity contribution < 1.29 is 33.8 Å². The van der Waals surface area contributed by atoms with Gasteiger partial charge in [-0.1, -0.05) is 29.3 Å². The van der Waals surface area contributed by atoms with Gasteiger partial charge in [-0.15, -0.1) is 0 Å². The number of benzene rings is 1. The number of amides is 2. The van der Waals surface area contributed by atoms with Gasteiger partial charge in [-0.25, -0.2) is 4.79 Å². The largest absolute Gasteiger partial charge is 0.481 e. The van der Waals surface area contributed by atoms with E-state index in [2.05, 4.69) is 4.90 Å². The van der Waals surface area contributed by atoms with Gasteiger partial charge < -0.3 is 30.1 Å². The van der Waals surface area contributed by atoms with Gasteiger partial charge in [0.1, 0.15) is 12.6 Å². The van der Waals surface area contributed by atoms with E-state index in [1.54, 1.807) is 23.1 Å². The summed E-state index contributed by atoms with van der Waals surface area (Å²) < 4.78 is 10.2. The Labute approximate surface area is 225 Å². The third-order valence-electron chi connectivity index (χ3n) is 6.55. The molecule has 1 aromatic rings. The number of nitrogens with two attached hydrogens (primary N) is 1. The van der Waals surface area contributed by atoms with Crippen molar-refractivity contribution in [3.8, 4) is 0 Å². The molecular formula is C24H32Cl2N4O7. The lowest BCUT2D eigenvalue weighted by atomic mass is 10.0. The lowest BCUT2D eigenvalue weighted by molar-refractivity contribution is -0.152. The minimum Gasteiger partial charge on any atom is -0.481 e. The number of carboxylic acid groups (broad SMARTS) is 1. The second kappa shape index (κ2) is 13.3. The van der Waals surface area contributed by atoms with Crippen molar-refractivity contribution in [1.29, 1.82) is 0 Å². The normalized spacial score (nSPS) is 21.0. The third kappa shape index (κ3) is 7.94. The summed E-state index contributed by atoms with van der Waals surface area (Å²) in [5, 5.41) is 9.61. The molecule has 3 atom stereocenters. The summed E-state index contributed by atoms with van der Waals surface area (Å²) in [4.78, 5) is 54.6. The van der Waals surface area contributed by atoms with Gasteiger partial charge in [-0.3, -0.25) is 19.3 Å². The lowest BCUT2D eigenvalue weighted by Crippen LogP contribution is -2.65. The number of rotatable bonds is 9. The number of hydrogen-bond acceptors (Lipinski definition) is 8. The lowest BCUT2D eigenvalue weighted by Gasteiger charge is -2.46. The summed E-state index contributed by atoms with van der Waals surface area (Å²) in [6.07, 6.45) is 1.01. The van der Waals surface area contributed by atoms with E-state index >= 15 is 0 Å². The predicted molar refractivity (Wildman–Crippen MR) is 135 cm³/mol. The molecule has 2 amide bonds. The molecule has 0 spiro atoms. The van der Waals surface area contributed by atoms with Gasteiger partial charge in [0.05, 0.1) is 42.1 Å². The number of carbonyl (C=O) groups is 4. The molecule has 0 saturated carbocycles. The SMILES string of the molecule is COC(=O)N1CC(CN2CCCC2)N(C(=O)Cc2ccc(Cl)c(Cl)c2)CC1COC(=O)C(N)CC(=O)O. The Balaban J connectivity index is 1.79. The molecule has 1 aromatic carbocycles. The van der Waals surface area contributed by atoms with Crippen LogP contribution in [0.3, 0.4) is 0 Å². The van der Waals surface area contributed by atoms with E-state index < -0.39 is 36.5 Å². The second-order valence-electron chi connectivity index (χ2n) is 9.24. The summed E-state index contributed by atoms with van der Waals surface area (Å²) >= 11 is 12.1. The highest BCUT2D eigenvalue weighted by atomic mass is 35.5. The molecule has 11 nitrogen and oxygen atoms in total. The molecule has 2 aliphatic rings. The zero-order chi connectivity index (χ0) is 27.1. The summed E-state index contributed by atoms with van der Waals surface area (Å²) in [5.74, 6) is -2.31. The van der Waals surface area contributed by atoms with Crippen molar-refractivity contribution in [1.82, 2.24) is 14.7 Å². The van der Waals surface area contributed by atoms with Crippen molar-refractivity contribution in [3.05, 3.63) is 33.8 Å². The van der Waals surface area contributed by atoms with E-state index in [4.69, 9.17) is 43.5 Å². The van der Waals surface area contributed by atoms with Crippen molar-refractivity contribution in [3.63, 3.8) is 0 Å². The molecule has 37 heavy (non-hydrogen) atoms. The molecule has 3 N–H and O–H groups in total. The van der Waals surface area contributed by atoms with Crippen molar-refractivity contribution >= 4 is 47.1 Å². The molecule has 13 heteroatoms. The van der Waals surface area contributed by atoms with Crippen LogP contribution in [0.1, 0.15) is 24.8 Å². The molecular weight excluding hydrogens is 527 g/mol. The van der Waals surface area contributed by atoms with Crippen LogP contribution in [0.5, 0.6) is 0 Å². The average Bonchev–Trinajstić information content (AvgIpc) is 3.37. The minimum atomic E-state index is -1.34. The zero-order valence-electron chi connectivity index (χ0n) is 20.6. The van der Waals surface area contributed by atoms with E-state index in [9.17, 15) is 19.2 Å². The van der Waals surface area contributed by atoms with Gasteiger partial charge in [0.15, 0.2) is 0 Å². The average molecular weight is 559 g/mol. The Morgan fingerprint density at radius 2 is 1.76 bits per heavy atom. The number of piperazine rings is 1. The van der Waals surface area contributed by atoms with E-state index in [1.807, 2.05) is 0 Å². The highest BCUT2D eigenvalue weighted by Gasteiger charge is 2.40. The topological polar surface area (TPSA) is 143 Å². The fourth-order valence-electron chi connectivity index (χ4n) is 4.64. The molecule has 0 aromatic heterocycles. The van der Waals surface area contributed by atoms with E-state index in [0.29, 0.717) is 22.2 Å². The summed E-state index contributed by atoms with van der Waals surface area (Å²) in [5.41, 5.74) is 6.29. The number of halogens is 2. The Bertz CT molecular complexity index is 1010. The highest BCUT2D eigenvalue weighted by molar-refractivity contribution is 6.42. The number of aliphatic carboxylic acids is 1. The zero-order valence-corrected chi connectivity index (χ0v) is 22.1. The van der Waals surface area contributed by atoms with Gasteiger partial charge in [0, 0.05) is 19.6 Å². The minimum absolute atomic E-state index is 0.0710. The van der Waals surface area contributed by atoms with Crippen LogP contribution in [0.25, 0.3) is 0 Å². The Morgan fingerprint density at radius 3 is 2.38 bits per heavy atom. The molecule has 3 unspecified atom stereocenters. The first-order valence-corrected chi connectivity index (χ1v) is 12.8. The van der Waals surface area contributed by atoms with Gasteiger partial charge in [0.2, 0.25) is 5.91 Å². The standard InChI is InChI=1S/C24H32Cl2N4O7/c1-36-24(35)30-12-16(11-28-6-2-3-7-28)29(21(31)9-15-4-5-18(25)19(26)8-15)13-17(30)14-37-23(34)20(27)10-22(32)33/h4-5,8,16-17,20H,2-3,6-7,9-14,27H2,1H3,(H,32,33). The predicted octanol–water partition coefficient (Wildman–Crippen LogP) is 1.62. The molecule has 3 rings (SSSR count). The molecule has 204 valence electrons. The number of nitrogens with zero attached hydrogens (tertiary/aromatic N) is 3. The maximum Gasteiger partial charge on any atom is 0.409 e. The summed E-state index contributed by atoms with van der Waals surface area (Å²) in [6, 6.07) is 2.64. The Hall–Kier alpha value is -2.60. The van der Waals surface area contributed by atoms with Crippen LogP contribution in [0.15, 0.2) is 18.2 Å². The van der Waals surface area contributed by atoms with Gasteiger partial charge in [0.25, 0.3) is 0 Å². The maximum atomic E-state index is 13.5. The van der Waals surface area contributed by atoms with Crippen LogP contribution in [0.2, 0.25) is 10.0 Å². The third-order valence-corrected chi connectivity index (χ3v) is 7.29. The number of likely N-dealkylation sites (tertiary alicyclic amines) is 1. The Kier molecular flexibility index (Phi) is 10.4. The van der Waals surface area contributed by atoms with Crippen LogP contribution < -0.4 is 5.73 Å². The monoisotopic (exact) mass is 558 g/mol. The molecule has 2 aliphatic heterocycles. The quantitative estimate of drug-likeness (QED) is 0.432.